The van der Waals surface area contributed by atoms with E-state index in [0.717, 1.165) is 17.1 Å². The van der Waals surface area contributed by atoms with Crippen LogP contribution in [0.1, 0.15) is 56.5 Å². The Morgan fingerprint density at radius 2 is 2.00 bits per heavy atom. The molecule has 0 bridgehead atoms. The molecule has 0 aliphatic heterocycles. The molecule has 0 atom stereocenters. The first-order chi connectivity index (χ1) is 11.0. The highest BCUT2D eigenvalue weighted by atomic mass is 16.2. The van der Waals surface area contributed by atoms with Gasteiger partial charge in [0.15, 0.2) is 0 Å². The molecule has 6 heteroatoms. The lowest BCUT2D eigenvalue weighted by Gasteiger charge is -2.17. The Kier molecular flexibility index (Phi) is 5.73. The third-order valence-electron chi connectivity index (χ3n) is 3.72. The number of carbonyl (C=O) groups is 1. The number of nitrogens with one attached hydrogen (secondary N) is 3. The Hall–Kier alpha value is -2.37. The minimum Gasteiger partial charge on any atom is -0.337 e. The monoisotopic (exact) mass is 315 g/mol. The molecule has 0 saturated heterocycles. The number of rotatable bonds is 6. The van der Waals surface area contributed by atoms with E-state index in [2.05, 4.69) is 65.6 Å². The van der Waals surface area contributed by atoms with Gasteiger partial charge in [-0.3, -0.25) is 5.10 Å². The molecule has 2 rings (SSSR count). The predicted octanol–water partition coefficient (Wildman–Crippen LogP) is 3.42. The Labute approximate surface area is 137 Å². The molecule has 2 amide bonds. The Morgan fingerprint density at radius 1 is 1.22 bits per heavy atom. The topological polar surface area (TPSA) is 82.7 Å². The molecule has 3 N–H and O–H groups in total. The minimum absolute atomic E-state index is 0.205. The second-order valence-corrected chi connectivity index (χ2v) is 6.22. The first-order valence-electron chi connectivity index (χ1n) is 8.00. The highest BCUT2D eigenvalue weighted by Crippen LogP contribution is 2.28. The Bertz CT molecular complexity index is 634. The van der Waals surface area contributed by atoms with Gasteiger partial charge in [-0.2, -0.15) is 5.10 Å². The molecule has 1 aromatic carbocycles. The van der Waals surface area contributed by atoms with Crippen LogP contribution >= 0.6 is 0 Å². The number of carbonyl (C=O) groups excluding carboxylic acids is 1. The Balaban J connectivity index is 1.96. The Morgan fingerprint density at radius 3 is 2.61 bits per heavy atom. The van der Waals surface area contributed by atoms with Crippen molar-refractivity contribution in [2.24, 2.45) is 0 Å². The van der Waals surface area contributed by atoms with Gasteiger partial charge in [-0.15, -0.1) is 0 Å². The summed E-state index contributed by atoms with van der Waals surface area (Å²) >= 11 is 0. The lowest BCUT2D eigenvalue weighted by Crippen LogP contribution is -2.31. The highest BCUT2D eigenvalue weighted by molar-refractivity contribution is 5.90. The van der Waals surface area contributed by atoms with Gasteiger partial charge in [0.1, 0.15) is 12.2 Å². The minimum atomic E-state index is -0.205. The third-order valence-corrected chi connectivity index (χ3v) is 3.72. The maximum absolute atomic E-state index is 12.1. The van der Waals surface area contributed by atoms with E-state index < -0.39 is 0 Å². The summed E-state index contributed by atoms with van der Waals surface area (Å²) in [7, 11) is 0. The fourth-order valence-electron chi connectivity index (χ4n) is 2.34. The van der Waals surface area contributed by atoms with E-state index >= 15 is 0 Å². The SMILES string of the molecule is CC(C)c1ccc(NC(=O)NCCc2ncn[nH]2)c(C(C)C)c1. The first kappa shape index (κ1) is 17.0. The largest absolute Gasteiger partial charge is 0.337 e. The van der Waals surface area contributed by atoms with Crippen LogP contribution in [0.3, 0.4) is 0 Å². The van der Waals surface area contributed by atoms with Gasteiger partial charge in [0.25, 0.3) is 0 Å². The predicted molar refractivity (Wildman–Crippen MR) is 91.7 cm³/mol. The van der Waals surface area contributed by atoms with Crippen LogP contribution in [0.2, 0.25) is 0 Å². The van der Waals surface area contributed by atoms with E-state index in [1.54, 1.807) is 0 Å². The molecule has 1 aromatic heterocycles. The van der Waals surface area contributed by atoms with Crippen LogP contribution in [-0.2, 0) is 6.42 Å². The second-order valence-electron chi connectivity index (χ2n) is 6.22. The lowest BCUT2D eigenvalue weighted by molar-refractivity contribution is 0.252. The van der Waals surface area contributed by atoms with Crippen molar-refractivity contribution in [1.82, 2.24) is 20.5 Å². The third kappa shape index (κ3) is 4.81. The number of anilines is 1. The summed E-state index contributed by atoms with van der Waals surface area (Å²) in [6.45, 7) is 9.10. The van der Waals surface area contributed by atoms with Crippen LogP contribution in [0.25, 0.3) is 0 Å². The van der Waals surface area contributed by atoms with Gasteiger partial charge in [-0.05, 0) is 29.0 Å². The molecule has 124 valence electrons. The van der Waals surface area contributed by atoms with E-state index in [4.69, 9.17) is 0 Å². The molecule has 23 heavy (non-hydrogen) atoms. The molecular weight excluding hydrogens is 290 g/mol. The molecular formula is C17H25N5O. The number of aromatic nitrogens is 3. The lowest BCUT2D eigenvalue weighted by atomic mass is 9.94. The van der Waals surface area contributed by atoms with Crippen molar-refractivity contribution >= 4 is 11.7 Å². The number of benzene rings is 1. The molecule has 0 saturated carbocycles. The standard InChI is InChI=1S/C17H25N5O/c1-11(2)13-5-6-15(14(9-13)12(3)4)21-17(23)18-8-7-16-19-10-20-22-16/h5-6,9-12H,7-8H2,1-4H3,(H2,18,21,23)(H,19,20,22). The maximum Gasteiger partial charge on any atom is 0.319 e. The van der Waals surface area contributed by atoms with Crippen LogP contribution in [0.4, 0.5) is 10.5 Å². The normalized spacial score (nSPS) is 11.0. The van der Waals surface area contributed by atoms with Gasteiger partial charge >= 0.3 is 6.03 Å². The molecule has 0 aliphatic carbocycles. The van der Waals surface area contributed by atoms with E-state index in [1.807, 2.05) is 6.07 Å². The molecule has 1 heterocycles. The fraction of sp³-hybridized carbons (Fsp3) is 0.471. The summed E-state index contributed by atoms with van der Waals surface area (Å²) in [5, 5.41) is 12.3. The van der Waals surface area contributed by atoms with E-state index in [9.17, 15) is 4.79 Å². The van der Waals surface area contributed by atoms with Crippen molar-refractivity contribution in [3.05, 3.63) is 41.5 Å². The quantitative estimate of drug-likeness (QED) is 0.764. The zero-order valence-corrected chi connectivity index (χ0v) is 14.2. The molecule has 6 nitrogen and oxygen atoms in total. The van der Waals surface area contributed by atoms with Crippen molar-refractivity contribution in [3.8, 4) is 0 Å². The smallest absolute Gasteiger partial charge is 0.319 e. The average molecular weight is 315 g/mol. The summed E-state index contributed by atoms with van der Waals surface area (Å²) in [5.74, 6) is 1.57. The highest BCUT2D eigenvalue weighted by Gasteiger charge is 2.12. The van der Waals surface area contributed by atoms with Gasteiger partial charge in [-0.25, -0.2) is 9.78 Å². The molecule has 0 spiro atoms. The maximum atomic E-state index is 12.1. The number of H-pyrrole nitrogens is 1. The van der Waals surface area contributed by atoms with Crippen LogP contribution in [0.5, 0.6) is 0 Å². The first-order valence-corrected chi connectivity index (χ1v) is 8.00. The van der Waals surface area contributed by atoms with Gasteiger partial charge in [-0.1, -0.05) is 39.8 Å². The molecule has 0 fully saturated rings. The number of aromatic amines is 1. The summed E-state index contributed by atoms with van der Waals surface area (Å²) in [5.41, 5.74) is 3.30. The summed E-state index contributed by atoms with van der Waals surface area (Å²) in [6, 6.07) is 6.03. The van der Waals surface area contributed by atoms with Crippen molar-refractivity contribution < 1.29 is 4.79 Å². The summed E-state index contributed by atoms with van der Waals surface area (Å²) in [6.07, 6.45) is 2.08. The zero-order valence-electron chi connectivity index (χ0n) is 14.2. The molecule has 0 unspecified atom stereocenters. The fourth-order valence-corrected chi connectivity index (χ4v) is 2.34. The average Bonchev–Trinajstić information content (AvgIpc) is 3.00. The molecule has 0 aliphatic rings. The number of urea groups is 1. The van der Waals surface area contributed by atoms with Gasteiger partial charge in [0.2, 0.25) is 0 Å². The summed E-state index contributed by atoms with van der Waals surface area (Å²) in [4.78, 5) is 16.1. The van der Waals surface area contributed by atoms with Crippen LogP contribution in [0.15, 0.2) is 24.5 Å². The number of amides is 2. The number of nitrogens with zero attached hydrogens (tertiary/aromatic N) is 2. The zero-order chi connectivity index (χ0) is 16.8. The van der Waals surface area contributed by atoms with Gasteiger partial charge < -0.3 is 10.6 Å². The second kappa shape index (κ2) is 7.76. The van der Waals surface area contributed by atoms with Crippen molar-refractivity contribution in [3.63, 3.8) is 0 Å². The van der Waals surface area contributed by atoms with Crippen LogP contribution < -0.4 is 10.6 Å². The number of hydrogen-bond acceptors (Lipinski definition) is 3. The van der Waals surface area contributed by atoms with Crippen molar-refractivity contribution in [2.75, 3.05) is 11.9 Å². The summed E-state index contributed by atoms with van der Waals surface area (Å²) < 4.78 is 0. The van der Waals surface area contributed by atoms with Crippen LogP contribution in [0, 0.1) is 0 Å². The molecule has 2 aromatic rings. The van der Waals surface area contributed by atoms with Gasteiger partial charge in [0.05, 0.1) is 0 Å². The number of hydrogen-bond donors (Lipinski definition) is 3. The van der Waals surface area contributed by atoms with E-state index in [0.29, 0.717) is 24.8 Å². The molecule has 0 radical (unpaired) electrons. The van der Waals surface area contributed by atoms with Gasteiger partial charge in [0, 0.05) is 18.7 Å². The van der Waals surface area contributed by atoms with Crippen molar-refractivity contribution in [2.45, 2.75) is 46.0 Å². The van der Waals surface area contributed by atoms with E-state index in [1.165, 1.54) is 11.9 Å². The van der Waals surface area contributed by atoms with Crippen molar-refractivity contribution in [1.29, 1.82) is 0 Å². The van der Waals surface area contributed by atoms with Crippen LogP contribution in [-0.4, -0.2) is 27.8 Å². The van der Waals surface area contributed by atoms with E-state index in [-0.39, 0.29) is 6.03 Å².